The number of carbonyl (C=O) groups is 2. The minimum atomic E-state index is -2.71. The molecule has 0 radical (unpaired) electrons. The van der Waals surface area contributed by atoms with Crippen LogP contribution in [0.2, 0.25) is 0 Å². The average molecular weight is 296 g/mol. The van der Waals surface area contributed by atoms with Gasteiger partial charge in [0.05, 0.1) is 12.7 Å². The van der Waals surface area contributed by atoms with E-state index < -0.39 is 74.8 Å². The van der Waals surface area contributed by atoms with Gasteiger partial charge in [-0.25, -0.2) is 0 Å². The fourth-order valence-electron chi connectivity index (χ4n) is 1.74. The van der Waals surface area contributed by atoms with Gasteiger partial charge in [-0.1, -0.05) is 0 Å². The molecule has 0 aromatic carbocycles. The van der Waals surface area contributed by atoms with E-state index in [9.17, 15) is 35.1 Å². The van der Waals surface area contributed by atoms with Gasteiger partial charge in [-0.3, -0.25) is 9.59 Å². The second-order valence-electron chi connectivity index (χ2n) is 4.65. The fraction of sp³-hybridized carbons (Fsp3) is 0.833. The maximum Gasteiger partial charge on any atom is 0.132 e. The molecule has 8 nitrogen and oxygen atoms in total. The number of hydrogen-bond donors (Lipinski definition) is 6. The molecule has 0 saturated carbocycles. The predicted molar refractivity (Wildman–Crippen MR) is 66.7 cm³/mol. The third-order valence-corrected chi connectivity index (χ3v) is 2.90. The van der Waals surface area contributed by atoms with Crippen LogP contribution >= 0.6 is 0 Å². The number of hydrogen-bond acceptors (Lipinski definition) is 8. The monoisotopic (exact) mass is 296 g/mol. The molecule has 0 fully saturated rings. The molecule has 20 heavy (non-hydrogen) atoms. The summed E-state index contributed by atoms with van der Waals surface area (Å²) >= 11 is 0. The predicted octanol–water partition coefficient (Wildman–Crippen LogP) is -2.89. The molecule has 0 aliphatic heterocycles. The third-order valence-electron chi connectivity index (χ3n) is 2.90. The largest absolute Gasteiger partial charge is 0.394 e. The van der Waals surface area contributed by atoms with Crippen molar-refractivity contribution in [1.82, 2.24) is 0 Å². The van der Waals surface area contributed by atoms with Crippen LogP contribution in [0, 0.1) is 0 Å². The summed E-state index contributed by atoms with van der Waals surface area (Å²) in [6.45, 7) is -2.42. The lowest BCUT2D eigenvalue weighted by Gasteiger charge is -2.39. The van der Waals surface area contributed by atoms with Gasteiger partial charge in [-0.05, 0) is 13.8 Å². The third kappa shape index (κ3) is 4.89. The van der Waals surface area contributed by atoms with Gasteiger partial charge in [0.25, 0.3) is 0 Å². The number of aliphatic hydroxyl groups is 6. The van der Waals surface area contributed by atoms with Gasteiger partial charge in [0.1, 0.15) is 35.5 Å². The zero-order valence-electron chi connectivity index (χ0n) is 12.8. The SMILES string of the molecule is [2H]CC(=O)CC(O)[C@](O)(CC(=O)C[2H])[C@@H](O)[C@H](O)[C@H](O)CO. The summed E-state index contributed by atoms with van der Waals surface area (Å²) in [5.74, 6) is -1.67. The summed E-state index contributed by atoms with van der Waals surface area (Å²) in [5, 5.41) is 57.8. The molecular formula is C12H22O8. The lowest BCUT2D eigenvalue weighted by molar-refractivity contribution is -0.200. The van der Waals surface area contributed by atoms with Gasteiger partial charge in [0.15, 0.2) is 0 Å². The molecule has 0 aromatic heterocycles. The Kier molecular flexibility index (Phi) is 6.02. The molecule has 0 saturated heterocycles. The second kappa shape index (κ2) is 7.77. The lowest BCUT2D eigenvalue weighted by Crippen LogP contribution is -2.60. The van der Waals surface area contributed by atoms with E-state index in [0.717, 1.165) is 0 Å². The highest BCUT2D eigenvalue weighted by molar-refractivity contribution is 5.78. The Morgan fingerprint density at radius 1 is 1.15 bits per heavy atom. The first-order valence-corrected chi connectivity index (χ1v) is 5.81. The second-order valence-corrected chi connectivity index (χ2v) is 4.65. The molecular weight excluding hydrogens is 272 g/mol. The summed E-state index contributed by atoms with van der Waals surface area (Å²) < 4.78 is 13.8. The van der Waals surface area contributed by atoms with Crippen molar-refractivity contribution < 1.29 is 43.0 Å². The van der Waals surface area contributed by atoms with Crippen molar-refractivity contribution in [3.63, 3.8) is 0 Å². The van der Waals surface area contributed by atoms with E-state index in [2.05, 4.69) is 0 Å². The highest BCUT2D eigenvalue weighted by atomic mass is 16.4. The molecule has 0 rings (SSSR count). The molecule has 1 unspecified atom stereocenters. The van der Waals surface area contributed by atoms with Crippen LogP contribution in [-0.2, 0) is 9.59 Å². The van der Waals surface area contributed by atoms with Crippen molar-refractivity contribution >= 4 is 11.6 Å². The van der Waals surface area contributed by atoms with E-state index in [-0.39, 0.29) is 0 Å². The summed E-state index contributed by atoms with van der Waals surface area (Å²) in [5.41, 5.74) is -2.71. The van der Waals surface area contributed by atoms with Crippen LogP contribution in [0.1, 0.15) is 29.4 Å². The first kappa shape index (κ1) is 15.5. The van der Waals surface area contributed by atoms with E-state index in [0.29, 0.717) is 0 Å². The minimum absolute atomic E-state index is 0.697. The maximum absolute atomic E-state index is 11.4. The Balaban J connectivity index is 5.39. The highest BCUT2D eigenvalue weighted by Crippen LogP contribution is 2.26. The van der Waals surface area contributed by atoms with Gasteiger partial charge in [-0.15, -0.1) is 0 Å². The molecule has 0 bridgehead atoms. The topological polar surface area (TPSA) is 156 Å². The number of ketones is 2. The summed E-state index contributed by atoms with van der Waals surface area (Å²) in [6.07, 6.45) is -9.93. The molecule has 6 N–H and O–H groups in total. The van der Waals surface area contributed by atoms with Crippen LogP contribution in [0.15, 0.2) is 0 Å². The van der Waals surface area contributed by atoms with Crippen molar-refractivity contribution in [1.29, 1.82) is 0 Å². The Morgan fingerprint density at radius 3 is 2.15 bits per heavy atom. The van der Waals surface area contributed by atoms with Crippen LogP contribution in [-0.4, -0.2) is 78.8 Å². The molecule has 0 amide bonds. The number of rotatable bonds is 9. The van der Waals surface area contributed by atoms with E-state index in [1.165, 1.54) is 0 Å². The van der Waals surface area contributed by atoms with Crippen LogP contribution < -0.4 is 0 Å². The smallest absolute Gasteiger partial charge is 0.132 e. The van der Waals surface area contributed by atoms with Gasteiger partial charge in [-0.2, -0.15) is 0 Å². The van der Waals surface area contributed by atoms with E-state index in [4.69, 9.17) is 7.85 Å². The van der Waals surface area contributed by atoms with Crippen molar-refractivity contribution in [2.75, 3.05) is 6.61 Å². The Morgan fingerprint density at radius 2 is 1.70 bits per heavy atom. The normalized spacial score (nSPS) is 21.9. The van der Waals surface area contributed by atoms with E-state index in [1.807, 2.05) is 0 Å². The van der Waals surface area contributed by atoms with Crippen molar-refractivity contribution in [2.45, 2.75) is 56.7 Å². The molecule has 8 heteroatoms. The maximum atomic E-state index is 11.4. The Hall–Kier alpha value is -0.900. The Bertz CT molecular complexity index is 380. The van der Waals surface area contributed by atoms with Crippen molar-refractivity contribution in [2.24, 2.45) is 0 Å². The standard InChI is InChI=1S/C12H22O8/c1-6(14)3-9(17)12(20,4-7(2)15)11(19)10(18)8(16)5-13/h8-11,13,16-20H,3-5H2,1-2H3/t8-,9?,10-,11+,12-/m1/s1/i1D,2D. The summed E-state index contributed by atoms with van der Waals surface area (Å²) in [6, 6.07) is 0. The zero-order valence-corrected chi connectivity index (χ0v) is 10.8. The summed E-state index contributed by atoms with van der Waals surface area (Å²) in [4.78, 5) is 22.6. The van der Waals surface area contributed by atoms with Crippen molar-refractivity contribution in [3.05, 3.63) is 0 Å². The van der Waals surface area contributed by atoms with Crippen LogP contribution in [0.25, 0.3) is 0 Å². The molecule has 0 aromatic rings. The van der Waals surface area contributed by atoms with Crippen LogP contribution in [0.5, 0.6) is 0 Å². The van der Waals surface area contributed by atoms with Crippen LogP contribution in [0.4, 0.5) is 0 Å². The molecule has 0 spiro atoms. The first-order chi connectivity index (χ1) is 10.1. The van der Waals surface area contributed by atoms with Crippen LogP contribution in [0.3, 0.4) is 0 Å². The summed E-state index contributed by atoms with van der Waals surface area (Å²) in [7, 11) is 0. The van der Waals surface area contributed by atoms with Gasteiger partial charge < -0.3 is 30.6 Å². The molecule has 0 aliphatic rings. The Labute approximate surface area is 119 Å². The quantitative estimate of drug-likeness (QED) is 0.265. The molecule has 118 valence electrons. The lowest BCUT2D eigenvalue weighted by atomic mass is 9.80. The fourth-order valence-corrected chi connectivity index (χ4v) is 1.74. The average Bonchev–Trinajstić information content (AvgIpc) is 2.51. The van der Waals surface area contributed by atoms with Gasteiger partial charge in [0.2, 0.25) is 0 Å². The van der Waals surface area contributed by atoms with Crippen molar-refractivity contribution in [3.8, 4) is 0 Å². The number of Topliss-reactive ketones (excluding diaryl/α,β-unsaturated/α-hetero) is 2. The molecule has 0 aliphatic carbocycles. The number of aliphatic hydroxyl groups excluding tert-OH is 5. The van der Waals surface area contributed by atoms with E-state index in [1.54, 1.807) is 0 Å². The van der Waals surface area contributed by atoms with Gasteiger partial charge in [0, 0.05) is 15.6 Å². The molecule has 5 atom stereocenters. The van der Waals surface area contributed by atoms with Gasteiger partial charge >= 0.3 is 0 Å². The highest BCUT2D eigenvalue weighted by Gasteiger charge is 2.48. The first-order valence-electron chi connectivity index (χ1n) is 7.22. The van der Waals surface area contributed by atoms with E-state index >= 15 is 0 Å². The zero-order chi connectivity index (χ0) is 17.5. The number of carbonyl (C=O) groups excluding carboxylic acids is 2. The minimum Gasteiger partial charge on any atom is -0.394 e. The molecule has 0 heterocycles.